The lowest BCUT2D eigenvalue weighted by atomic mass is 10.0. The van der Waals surface area contributed by atoms with Crippen LogP contribution in [0.4, 0.5) is 15.8 Å². The van der Waals surface area contributed by atoms with Crippen molar-refractivity contribution in [1.29, 1.82) is 0 Å². The average molecular weight is 361 g/mol. The van der Waals surface area contributed by atoms with E-state index in [0.717, 1.165) is 16.8 Å². The molecule has 25 heavy (non-hydrogen) atoms. The molecule has 0 unspecified atom stereocenters. The summed E-state index contributed by atoms with van der Waals surface area (Å²) in [6.45, 7) is 3.81. The minimum Gasteiger partial charge on any atom is -0.325 e. The van der Waals surface area contributed by atoms with Crippen molar-refractivity contribution in [2.75, 3.05) is 10.6 Å². The third-order valence-corrected chi connectivity index (χ3v) is 4.81. The van der Waals surface area contributed by atoms with Gasteiger partial charge in [-0.2, -0.15) is 0 Å². The van der Waals surface area contributed by atoms with Gasteiger partial charge in [-0.05, 0) is 56.0 Å². The molecule has 0 radical (unpaired) electrons. The Labute approximate surface area is 150 Å². The number of anilines is 2. The highest BCUT2D eigenvalue weighted by molar-refractivity contribution is 6.31. The third kappa shape index (κ3) is 3.37. The van der Waals surface area contributed by atoms with E-state index in [2.05, 4.69) is 10.6 Å². The summed E-state index contributed by atoms with van der Waals surface area (Å²) < 4.78 is 13.2. The van der Waals surface area contributed by atoms with Crippen LogP contribution in [0.15, 0.2) is 36.4 Å². The van der Waals surface area contributed by atoms with Gasteiger partial charge in [-0.1, -0.05) is 29.8 Å². The molecule has 2 aromatic rings. The predicted molar refractivity (Wildman–Crippen MR) is 96.3 cm³/mol. The zero-order chi connectivity index (χ0) is 18.2. The van der Waals surface area contributed by atoms with Gasteiger partial charge in [0.05, 0.1) is 5.02 Å². The number of halogens is 2. The van der Waals surface area contributed by atoms with Crippen molar-refractivity contribution in [3.05, 3.63) is 58.4 Å². The van der Waals surface area contributed by atoms with E-state index in [4.69, 9.17) is 11.6 Å². The molecule has 2 N–H and O–H groups in total. The number of hydrogen-bond donors (Lipinski definition) is 2. The molecule has 3 rings (SSSR count). The Bertz CT molecular complexity index is 842. The molecule has 0 heterocycles. The van der Waals surface area contributed by atoms with Crippen LogP contribution in [0.3, 0.4) is 0 Å². The molecular formula is C19H18ClFN2O2. The van der Waals surface area contributed by atoms with Gasteiger partial charge in [-0.25, -0.2) is 4.39 Å². The van der Waals surface area contributed by atoms with E-state index in [9.17, 15) is 14.0 Å². The van der Waals surface area contributed by atoms with Gasteiger partial charge in [0.15, 0.2) is 0 Å². The molecule has 1 aliphatic rings. The quantitative estimate of drug-likeness (QED) is 0.791. The number of aryl methyl sites for hydroxylation is 2. The number of para-hydroxylation sites is 1. The van der Waals surface area contributed by atoms with Gasteiger partial charge in [-0.3, -0.25) is 9.59 Å². The first-order valence-corrected chi connectivity index (χ1v) is 8.35. The second kappa shape index (κ2) is 6.48. The fraction of sp³-hybridized carbons (Fsp3) is 0.263. The first-order valence-electron chi connectivity index (χ1n) is 7.98. The van der Waals surface area contributed by atoms with E-state index in [1.807, 2.05) is 32.0 Å². The molecule has 0 saturated heterocycles. The number of benzene rings is 2. The number of amides is 2. The summed E-state index contributed by atoms with van der Waals surface area (Å²) in [5, 5.41) is 5.46. The summed E-state index contributed by atoms with van der Waals surface area (Å²) in [6.07, 6.45) is 0.953. The molecule has 1 fully saturated rings. The second-order valence-corrected chi connectivity index (χ2v) is 6.79. The standard InChI is InChI=1S/C19H18ClFN2O2/c1-11-4-3-5-12(2)16(11)23-18(25)19(8-9-19)17(24)22-13-6-7-15(21)14(20)10-13/h3-7,10H,8-9H2,1-2H3,(H,22,24)(H,23,25). The molecule has 0 bridgehead atoms. The molecule has 4 nitrogen and oxygen atoms in total. The fourth-order valence-electron chi connectivity index (χ4n) is 2.75. The topological polar surface area (TPSA) is 58.2 Å². The summed E-state index contributed by atoms with van der Waals surface area (Å²) in [7, 11) is 0. The van der Waals surface area contributed by atoms with Crippen LogP contribution in [0.25, 0.3) is 0 Å². The van der Waals surface area contributed by atoms with Gasteiger partial charge in [0.2, 0.25) is 11.8 Å². The molecular weight excluding hydrogens is 343 g/mol. The van der Waals surface area contributed by atoms with Crippen LogP contribution < -0.4 is 10.6 Å². The summed E-state index contributed by atoms with van der Waals surface area (Å²) in [5.74, 6) is -1.29. The number of nitrogens with one attached hydrogen (secondary N) is 2. The Hall–Kier alpha value is -2.40. The van der Waals surface area contributed by atoms with Crippen LogP contribution in [0.2, 0.25) is 5.02 Å². The lowest BCUT2D eigenvalue weighted by Crippen LogP contribution is -2.36. The largest absolute Gasteiger partial charge is 0.325 e. The lowest BCUT2D eigenvalue weighted by molar-refractivity contribution is -0.131. The molecule has 6 heteroatoms. The maximum atomic E-state index is 13.2. The van der Waals surface area contributed by atoms with Crippen LogP contribution in [-0.2, 0) is 9.59 Å². The lowest BCUT2D eigenvalue weighted by Gasteiger charge is -2.18. The minimum atomic E-state index is -1.09. The van der Waals surface area contributed by atoms with Crippen LogP contribution in [0.1, 0.15) is 24.0 Å². The Morgan fingerprint density at radius 1 is 1.04 bits per heavy atom. The molecule has 130 valence electrons. The summed E-state index contributed by atoms with van der Waals surface area (Å²) in [4.78, 5) is 25.3. The zero-order valence-corrected chi connectivity index (χ0v) is 14.7. The Morgan fingerprint density at radius 3 is 2.20 bits per heavy atom. The molecule has 0 aromatic heterocycles. The first-order chi connectivity index (χ1) is 11.8. The van der Waals surface area contributed by atoms with Gasteiger partial charge in [0.1, 0.15) is 11.2 Å². The summed E-state index contributed by atoms with van der Waals surface area (Å²) in [6, 6.07) is 9.64. The highest BCUT2D eigenvalue weighted by atomic mass is 35.5. The predicted octanol–water partition coefficient (Wildman–Crippen LogP) is 4.45. The Morgan fingerprint density at radius 2 is 1.64 bits per heavy atom. The van der Waals surface area contributed by atoms with Crippen LogP contribution in [0.5, 0.6) is 0 Å². The van der Waals surface area contributed by atoms with Crippen molar-refractivity contribution >= 4 is 34.8 Å². The Kier molecular flexibility index (Phi) is 4.52. The maximum absolute atomic E-state index is 13.2. The van der Waals surface area contributed by atoms with E-state index in [1.54, 1.807) is 0 Å². The molecule has 0 spiro atoms. The highest BCUT2D eigenvalue weighted by Gasteiger charge is 2.56. The molecule has 1 saturated carbocycles. The normalized spacial score (nSPS) is 14.7. The van der Waals surface area contributed by atoms with E-state index >= 15 is 0 Å². The Balaban J connectivity index is 1.76. The van der Waals surface area contributed by atoms with E-state index < -0.39 is 17.1 Å². The van der Waals surface area contributed by atoms with E-state index in [1.165, 1.54) is 18.2 Å². The minimum absolute atomic E-state index is 0.0809. The smallest absolute Gasteiger partial charge is 0.240 e. The number of carbonyl (C=O) groups is 2. The maximum Gasteiger partial charge on any atom is 0.240 e. The van der Waals surface area contributed by atoms with E-state index in [0.29, 0.717) is 18.5 Å². The fourth-order valence-corrected chi connectivity index (χ4v) is 2.93. The van der Waals surface area contributed by atoms with Crippen molar-refractivity contribution in [3.63, 3.8) is 0 Å². The van der Waals surface area contributed by atoms with Crippen molar-refractivity contribution in [3.8, 4) is 0 Å². The number of hydrogen-bond acceptors (Lipinski definition) is 2. The van der Waals surface area contributed by atoms with E-state index in [-0.39, 0.29) is 10.9 Å². The number of carbonyl (C=O) groups excluding carboxylic acids is 2. The van der Waals surface area contributed by atoms with Gasteiger partial charge in [0.25, 0.3) is 0 Å². The van der Waals surface area contributed by atoms with Gasteiger partial charge >= 0.3 is 0 Å². The molecule has 1 aliphatic carbocycles. The molecule has 2 aromatic carbocycles. The van der Waals surface area contributed by atoms with Crippen molar-refractivity contribution in [2.45, 2.75) is 26.7 Å². The first kappa shape index (κ1) is 17.4. The third-order valence-electron chi connectivity index (χ3n) is 4.52. The zero-order valence-electron chi connectivity index (χ0n) is 14.0. The summed E-state index contributed by atoms with van der Waals surface area (Å²) >= 11 is 5.73. The van der Waals surface area contributed by atoms with Crippen LogP contribution >= 0.6 is 11.6 Å². The van der Waals surface area contributed by atoms with Gasteiger partial charge in [-0.15, -0.1) is 0 Å². The highest BCUT2D eigenvalue weighted by Crippen LogP contribution is 2.47. The van der Waals surface area contributed by atoms with Crippen molar-refractivity contribution in [1.82, 2.24) is 0 Å². The SMILES string of the molecule is Cc1cccc(C)c1NC(=O)C1(C(=O)Nc2ccc(F)c(Cl)c2)CC1. The van der Waals surface area contributed by atoms with Gasteiger partial charge < -0.3 is 10.6 Å². The molecule has 2 amide bonds. The summed E-state index contributed by atoms with van der Waals surface area (Å²) in [5.41, 5.74) is 1.89. The second-order valence-electron chi connectivity index (χ2n) is 6.39. The number of rotatable bonds is 4. The molecule has 0 atom stereocenters. The van der Waals surface area contributed by atoms with Crippen molar-refractivity contribution < 1.29 is 14.0 Å². The average Bonchev–Trinajstić information content (AvgIpc) is 3.36. The van der Waals surface area contributed by atoms with Crippen LogP contribution in [0, 0.1) is 25.1 Å². The van der Waals surface area contributed by atoms with Crippen molar-refractivity contribution in [2.24, 2.45) is 5.41 Å². The van der Waals surface area contributed by atoms with Crippen LogP contribution in [-0.4, -0.2) is 11.8 Å². The molecule has 0 aliphatic heterocycles. The monoisotopic (exact) mass is 360 g/mol. The van der Waals surface area contributed by atoms with Gasteiger partial charge in [0, 0.05) is 11.4 Å².